The summed E-state index contributed by atoms with van der Waals surface area (Å²) in [5, 5.41) is 3.01. The fourth-order valence-corrected chi connectivity index (χ4v) is 4.91. The monoisotopic (exact) mass is 480 g/mol. The molecule has 2 aromatic carbocycles. The number of nitrogens with one attached hydrogen (secondary N) is 1. The lowest BCUT2D eigenvalue weighted by Crippen LogP contribution is -2.41. The molecule has 9 nitrogen and oxygen atoms in total. The van der Waals surface area contributed by atoms with Crippen molar-refractivity contribution < 1.29 is 17.9 Å². The summed E-state index contributed by atoms with van der Waals surface area (Å²) < 4.78 is 36.0. The normalized spacial score (nSPS) is 11.7. The number of rotatable bonds is 8. The Morgan fingerprint density at radius 1 is 1.12 bits per heavy atom. The highest BCUT2D eigenvalue weighted by atomic mass is 35.5. The van der Waals surface area contributed by atoms with Crippen LogP contribution in [0.25, 0.3) is 11.0 Å². The van der Waals surface area contributed by atoms with Crippen LogP contribution in [0.2, 0.25) is 5.02 Å². The number of methoxy groups -OCH3 is 1. The van der Waals surface area contributed by atoms with E-state index < -0.39 is 22.5 Å². The van der Waals surface area contributed by atoms with Crippen LogP contribution in [0.4, 0.5) is 5.69 Å². The fourth-order valence-electron chi connectivity index (χ4n) is 3.31. The largest absolute Gasteiger partial charge is 0.383 e. The minimum absolute atomic E-state index is 0.0485. The van der Waals surface area contributed by atoms with Gasteiger partial charge >= 0.3 is 5.69 Å². The van der Waals surface area contributed by atoms with Crippen LogP contribution in [0.15, 0.2) is 46.1 Å². The lowest BCUT2D eigenvalue weighted by molar-refractivity contribution is -0.119. The van der Waals surface area contributed by atoms with Gasteiger partial charge in [-0.2, -0.15) is 0 Å². The topological polar surface area (TPSA) is 103 Å². The summed E-state index contributed by atoms with van der Waals surface area (Å²) in [6.45, 7) is 1.90. The van der Waals surface area contributed by atoms with Crippen molar-refractivity contribution in [3.8, 4) is 0 Å². The summed E-state index contributed by atoms with van der Waals surface area (Å²) in [7, 11) is 0.527. The molecule has 1 amide bonds. The first-order valence-electron chi connectivity index (χ1n) is 9.78. The average Bonchev–Trinajstić information content (AvgIpc) is 2.98. The van der Waals surface area contributed by atoms with Crippen molar-refractivity contribution in [3.05, 3.63) is 57.5 Å². The van der Waals surface area contributed by atoms with Crippen molar-refractivity contribution in [3.63, 3.8) is 0 Å². The van der Waals surface area contributed by atoms with Gasteiger partial charge in [-0.3, -0.25) is 18.2 Å². The average molecular weight is 481 g/mol. The number of anilines is 1. The van der Waals surface area contributed by atoms with Gasteiger partial charge in [-0.15, -0.1) is 0 Å². The van der Waals surface area contributed by atoms with Gasteiger partial charge in [-0.25, -0.2) is 13.2 Å². The van der Waals surface area contributed by atoms with Gasteiger partial charge in [0.15, 0.2) is 0 Å². The van der Waals surface area contributed by atoms with Gasteiger partial charge < -0.3 is 10.1 Å². The molecule has 3 aromatic rings. The Morgan fingerprint density at radius 2 is 1.81 bits per heavy atom. The number of sulfonamides is 1. The molecule has 0 aliphatic carbocycles. The first-order chi connectivity index (χ1) is 15.1. The quantitative estimate of drug-likeness (QED) is 0.495. The molecule has 172 valence electrons. The Kier molecular flexibility index (Phi) is 6.97. The second kappa shape index (κ2) is 9.35. The van der Waals surface area contributed by atoms with E-state index in [0.29, 0.717) is 22.7 Å². The maximum atomic E-state index is 13.6. The molecule has 0 atom stereocenters. The van der Waals surface area contributed by atoms with Crippen LogP contribution in [-0.2, 0) is 33.7 Å². The number of hydrogen-bond donors (Lipinski definition) is 1. The van der Waals surface area contributed by atoms with Crippen LogP contribution in [0.3, 0.4) is 0 Å². The Bertz CT molecular complexity index is 1330. The molecule has 3 rings (SSSR count). The molecule has 1 aromatic heterocycles. The number of imidazole rings is 1. The van der Waals surface area contributed by atoms with E-state index in [-0.39, 0.29) is 22.8 Å². The summed E-state index contributed by atoms with van der Waals surface area (Å²) in [6.07, 6.45) is 0. The molecule has 0 saturated heterocycles. The van der Waals surface area contributed by atoms with Crippen LogP contribution in [0.1, 0.15) is 5.56 Å². The van der Waals surface area contributed by atoms with Gasteiger partial charge in [0, 0.05) is 32.8 Å². The van der Waals surface area contributed by atoms with E-state index in [2.05, 4.69) is 5.32 Å². The third-order valence-corrected chi connectivity index (χ3v) is 7.37. The second-order valence-electron chi connectivity index (χ2n) is 7.34. The van der Waals surface area contributed by atoms with E-state index in [1.807, 2.05) is 0 Å². The fraction of sp³-hybridized carbons (Fsp3) is 0.333. The second-order valence-corrected chi connectivity index (χ2v) is 9.61. The predicted molar refractivity (Wildman–Crippen MR) is 124 cm³/mol. The summed E-state index contributed by atoms with van der Waals surface area (Å²) >= 11 is 6.23. The molecular weight excluding hydrogens is 456 g/mol. The number of amides is 1. The Morgan fingerprint density at radius 3 is 2.47 bits per heavy atom. The van der Waals surface area contributed by atoms with Gasteiger partial charge in [0.05, 0.1) is 28.2 Å². The molecule has 32 heavy (non-hydrogen) atoms. The van der Waals surface area contributed by atoms with Crippen molar-refractivity contribution in [2.45, 2.75) is 11.8 Å². The third-order valence-electron chi connectivity index (χ3n) is 5.19. The number of hydrogen-bond acceptors (Lipinski definition) is 5. The van der Waals surface area contributed by atoms with E-state index >= 15 is 0 Å². The number of halogens is 1. The molecule has 0 aliphatic heterocycles. The molecule has 0 bridgehead atoms. The molecule has 0 fully saturated rings. The first-order valence-corrected chi connectivity index (χ1v) is 11.6. The smallest absolute Gasteiger partial charge is 0.328 e. The Balaban J connectivity index is 2.08. The number of aryl methyl sites for hydroxylation is 3. The van der Waals surface area contributed by atoms with Crippen molar-refractivity contribution in [2.75, 3.05) is 31.1 Å². The zero-order valence-electron chi connectivity index (χ0n) is 18.3. The summed E-state index contributed by atoms with van der Waals surface area (Å²) in [6, 6.07) is 9.21. The minimum Gasteiger partial charge on any atom is -0.383 e. The lowest BCUT2D eigenvalue weighted by atomic mass is 10.2. The van der Waals surface area contributed by atoms with E-state index in [4.69, 9.17) is 16.3 Å². The summed E-state index contributed by atoms with van der Waals surface area (Å²) in [5.41, 5.74) is 1.82. The van der Waals surface area contributed by atoms with Gasteiger partial charge in [0.2, 0.25) is 5.91 Å². The standard InChI is InChI=1S/C21H25ClN4O5S/c1-14-5-6-15(11-17(14)22)26(13-20(27)23-9-10-31-4)32(29,30)16-7-8-18-19(12-16)25(3)21(28)24(18)2/h5-8,11-12H,9-10,13H2,1-4H3,(H,23,27). The van der Waals surface area contributed by atoms with Crippen molar-refractivity contribution in [2.24, 2.45) is 14.1 Å². The van der Waals surface area contributed by atoms with E-state index in [1.54, 1.807) is 39.2 Å². The zero-order chi connectivity index (χ0) is 23.6. The summed E-state index contributed by atoms with van der Waals surface area (Å²) in [5.74, 6) is -0.490. The zero-order valence-corrected chi connectivity index (χ0v) is 19.8. The molecule has 0 saturated carbocycles. The van der Waals surface area contributed by atoms with Gasteiger partial charge in [-0.1, -0.05) is 17.7 Å². The molecule has 0 aliphatic rings. The highest BCUT2D eigenvalue weighted by Gasteiger charge is 2.28. The SMILES string of the molecule is COCCNC(=O)CN(c1ccc(C)c(Cl)c1)S(=O)(=O)c1ccc2c(c1)n(C)c(=O)n2C. The van der Waals surface area contributed by atoms with E-state index in [1.165, 1.54) is 34.4 Å². The lowest BCUT2D eigenvalue weighted by Gasteiger charge is -2.24. The van der Waals surface area contributed by atoms with Crippen molar-refractivity contribution >= 4 is 44.3 Å². The molecule has 1 heterocycles. The molecule has 11 heteroatoms. The number of carbonyl (C=O) groups excluding carboxylic acids is 1. The number of ether oxygens (including phenoxy) is 1. The highest BCUT2D eigenvalue weighted by molar-refractivity contribution is 7.92. The number of fused-ring (bicyclic) bond motifs is 1. The van der Waals surface area contributed by atoms with E-state index in [9.17, 15) is 18.0 Å². The number of nitrogens with zero attached hydrogens (tertiary/aromatic N) is 3. The first kappa shape index (κ1) is 23.8. The highest BCUT2D eigenvalue weighted by Crippen LogP contribution is 2.29. The van der Waals surface area contributed by atoms with Crippen molar-refractivity contribution in [1.29, 1.82) is 0 Å². The van der Waals surface area contributed by atoms with Gasteiger partial charge in [0.1, 0.15) is 6.54 Å². The van der Waals surface area contributed by atoms with Crippen LogP contribution in [0, 0.1) is 6.92 Å². The maximum absolute atomic E-state index is 13.6. The number of benzene rings is 2. The van der Waals surface area contributed by atoms with Crippen LogP contribution >= 0.6 is 11.6 Å². The van der Waals surface area contributed by atoms with Gasteiger partial charge in [0.25, 0.3) is 10.0 Å². The number of carbonyl (C=O) groups is 1. The van der Waals surface area contributed by atoms with Crippen molar-refractivity contribution in [1.82, 2.24) is 14.5 Å². The third kappa shape index (κ3) is 4.52. The molecule has 0 radical (unpaired) electrons. The van der Waals surface area contributed by atoms with Crippen LogP contribution in [0.5, 0.6) is 0 Å². The van der Waals surface area contributed by atoms with Crippen LogP contribution < -0.4 is 15.3 Å². The summed E-state index contributed by atoms with van der Waals surface area (Å²) in [4.78, 5) is 24.7. The van der Waals surface area contributed by atoms with Gasteiger partial charge in [-0.05, 0) is 42.8 Å². The Hall–Kier alpha value is -2.82. The molecule has 0 spiro atoms. The molecular formula is C21H25ClN4O5S. The predicted octanol–water partition coefficient (Wildman–Crippen LogP) is 1.80. The molecule has 0 unspecified atom stereocenters. The number of aromatic nitrogens is 2. The van der Waals surface area contributed by atoms with E-state index in [0.717, 1.165) is 9.87 Å². The molecule has 1 N–H and O–H groups in total. The minimum atomic E-state index is -4.16. The van der Waals surface area contributed by atoms with Crippen LogP contribution in [-0.4, -0.2) is 50.3 Å². The maximum Gasteiger partial charge on any atom is 0.328 e. The Labute approximate surface area is 191 Å².